The molecule has 0 atom stereocenters. The number of aliphatic imine (C=N–C) groups is 1. The molecule has 0 unspecified atom stereocenters. The fourth-order valence-electron chi connectivity index (χ4n) is 3.12. The first kappa shape index (κ1) is 22.1. The molecule has 0 saturated carbocycles. The Balaban J connectivity index is 1.94. The summed E-state index contributed by atoms with van der Waals surface area (Å²) >= 11 is 1.78. The highest BCUT2D eigenvalue weighted by Gasteiger charge is 2.30. The first-order valence-corrected chi connectivity index (χ1v) is 10.0. The van der Waals surface area contributed by atoms with Crippen LogP contribution >= 0.6 is 22.6 Å². The first-order chi connectivity index (χ1) is 14.2. The minimum atomic E-state index is -4.51. The van der Waals surface area contributed by atoms with Gasteiger partial charge in [-0.15, -0.1) is 0 Å². The average Bonchev–Trinajstić information content (AvgIpc) is 2.71. The van der Waals surface area contributed by atoms with Crippen LogP contribution in [-0.4, -0.2) is 42.2 Å². The summed E-state index contributed by atoms with van der Waals surface area (Å²) in [6.45, 7) is 1.71. The van der Waals surface area contributed by atoms with E-state index in [4.69, 9.17) is 9.47 Å². The molecule has 1 aromatic carbocycles. The van der Waals surface area contributed by atoms with E-state index in [1.54, 1.807) is 28.8 Å². The van der Waals surface area contributed by atoms with Gasteiger partial charge in [0.1, 0.15) is 11.9 Å². The maximum Gasteiger partial charge on any atom is 0.422 e. The van der Waals surface area contributed by atoms with Gasteiger partial charge in [-0.2, -0.15) is 18.4 Å². The zero-order valence-electron chi connectivity index (χ0n) is 16.3. The van der Waals surface area contributed by atoms with Crippen LogP contribution in [0.5, 0.6) is 11.5 Å². The summed E-state index contributed by atoms with van der Waals surface area (Å²) in [5.41, 5.74) is 2.61. The molecule has 0 bridgehead atoms. The van der Waals surface area contributed by atoms with Crippen molar-refractivity contribution >= 4 is 34.1 Å². The lowest BCUT2D eigenvalue weighted by molar-refractivity contribution is -0.153. The quantitative estimate of drug-likeness (QED) is 0.328. The standard InChI is InChI=1S/C20H18F3IN4O2/c1-12(28-7-5-15-13(10-28)4-3-6-26-15)27-16-8-17(29-2)19(18(24)14(16)9-25)30-11-20(21,22)23/h3-4,6,8H,5,7,10-11H2,1-2H3. The van der Waals surface area contributed by atoms with Gasteiger partial charge in [0, 0.05) is 37.5 Å². The Hall–Kier alpha value is -2.55. The molecule has 1 aliphatic heterocycles. The summed E-state index contributed by atoms with van der Waals surface area (Å²) in [5.74, 6) is 0.645. The van der Waals surface area contributed by atoms with Gasteiger partial charge in [-0.3, -0.25) is 4.98 Å². The third-order valence-corrected chi connectivity index (χ3v) is 5.61. The largest absolute Gasteiger partial charge is 0.493 e. The van der Waals surface area contributed by atoms with E-state index < -0.39 is 12.8 Å². The van der Waals surface area contributed by atoms with Crippen molar-refractivity contribution in [2.24, 2.45) is 4.99 Å². The van der Waals surface area contributed by atoms with E-state index in [1.165, 1.54) is 13.2 Å². The number of benzene rings is 1. The number of halogens is 4. The molecule has 0 saturated heterocycles. The highest BCUT2D eigenvalue weighted by molar-refractivity contribution is 14.1. The molecule has 2 heterocycles. The summed E-state index contributed by atoms with van der Waals surface area (Å²) < 4.78 is 48.1. The molecule has 1 aromatic heterocycles. The van der Waals surface area contributed by atoms with E-state index in [-0.39, 0.29) is 20.6 Å². The Morgan fingerprint density at radius 1 is 1.43 bits per heavy atom. The third-order valence-electron chi connectivity index (χ3n) is 4.58. The number of amidine groups is 1. The number of hydrogen-bond acceptors (Lipinski definition) is 5. The lowest BCUT2D eigenvalue weighted by Crippen LogP contribution is -2.34. The molecular formula is C20H18F3IN4O2. The van der Waals surface area contributed by atoms with Gasteiger partial charge in [-0.25, -0.2) is 4.99 Å². The fourth-order valence-corrected chi connectivity index (χ4v) is 3.94. The van der Waals surface area contributed by atoms with Gasteiger partial charge in [-0.05, 0) is 41.1 Å². The van der Waals surface area contributed by atoms with E-state index in [1.807, 2.05) is 25.1 Å². The van der Waals surface area contributed by atoms with Gasteiger partial charge in [0.25, 0.3) is 0 Å². The molecule has 0 N–H and O–H groups in total. The summed E-state index contributed by atoms with van der Waals surface area (Å²) in [6.07, 6.45) is -1.96. The number of ether oxygens (including phenoxy) is 2. The van der Waals surface area contributed by atoms with Crippen LogP contribution in [0.2, 0.25) is 0 Å². The van der Waals surface area contributed by atoms with Gasteiger partial charge in [0.2, 0.25) is 0 Å². The van der Waals surface area contributed by atoms with E-state index in [9.17, 15) is 18.4 Å². The van der Waals surface area contributed by atoms with Crippen molar-refractivity contribution in [3.05, 3.63) is 44.8 Å². The van der Waals surface area contributed by atoms with Crippen LogP contribution in [0.3, 0.4) is 0 Å². The van der Waals surface area contributed by atoms with Crippen LogP contribution < -0.4 is 9.47 Å². The van der Waals surface area contributed by atoms with Crippen LogP contribution in [0.4, 0.5) is 18.9 Å². The van der Waals surface area contributed by atoms with Crippen LogP contribution in [0, 0.1) is 14.9 Å². The van der Waals surface area contributed by atoms with Gasteiger partial charge in [0.05, 0.1) is 21.9 Å². The topological polar surface area (TPSA) is 70.7 Å². The highest BCUT2D eigenvalue weighted by atomic mass is 127. The first-order valence-electron chi connectivity index (χ1n) is 8.96. The third kappa shape index (κ3) is 4.95. The molecule has 0 amide bonds. The van der Waals surface area contributed by atoms with Crippen molar-refractivity contribution in [2.45, 2.75) is 26.1 Å². The molecule has 0 radical (unpaired) electrons. The number of pyridine rings is 1. The summed E-state index contributed by atoms with van der Waals surface area (Å²) in [4.78, 5) is 11.0. The smallest absolute Gasteiger partial charge is 0.422 e. The van der Waals surface area contributed by atoms with Crippen molar-refractivity contribution in [2.75, 3.05) is 20.3 Å². The van der Waals surface area contributed by atoms with Crippen molar-refractivity contribution in [1.29, 1.82) is 5.26 Å². The summed E-state index contributed by atoms with van der Waals surface area (Å²) in [5, 5.41) is 9.60. The second-order valence-corrected chi connectivity index (χ2v) is 7.65. The predicted octanol–water partition coefficient (Wildman–Crippen LogP) is 4.62. The summed E-state index contributed by atoms with van der Waals surface area (Å²) in [6, 6.07) is 7.34. The second kappa shape index (κ2) is 9.07. The molecule has 1 aliphatic rings. The summed E-state index contributed by atoms with van der Waals surface area (Å²) in [7, 11) is 1.33. The second-order valence-electron chi connectivity index (χ2n) is 6.57. The number of nitrogens with zero attached hydrogens (tertiary/aromatic N) is 4. The lowest BCUT2D eigenvalue weighted by Gasteiger charge is -2.29. The molecule has 6 nitrogen and oxygen atoms in total. The average molecular weight is 530 g/mol. The van der Waals surface area contributed by atoms with Crippen LogP contribution in [0.1, 0.15) is 23.7 Å². The molecule has 158 valence electrons. The van der Waals surface area contributed by atoms with Crippen LogP contribution in [0.25, 0.3) is 0 Å². The Morgan fingerprint density at radius 3 is 2.87 bits per heavy atom. The number of rotatable bonds is 4. The zero-order valence-corrected chi connectivity index (χ0v) is 18.4. The minimum absolute atomic E-state index is 0.0855. The minimum Gasteiger partial charge on any atom is -0.493 e. The maximum atomic E-state index is 12.6. The van der Waals surface area contributed by atoms with E-state index >= 15 is 0 Å². The number of fused-ring (bicyclic) bond motifs is 1. The van der Waals surface area contributed by atoms with Crippen LogP contribution in [0.15, 0.2) is 29.4 Å². The fraction of sp³-hybridized carbons (Fsp3) is 0.350. The normalized spacial score (nSPS) is 14.2. The molecule has 0 spiro atoms. The molecular weight excluding hydrogens is 512 g/mol. The van der Waals surface area contributed by atoms with Gasteiger partial charge in [-0.1, -0.05) is 6.07 Å². The van der Waals surface area contributed by atoms with E-state index in [0.29, 0.717) is 18.1 Å². The monoisotopic (exact) mass is 530 g/mol. The van der Waals surface area contributed by atoms with Crippen molar-refractivity contribution in [1.82, 2.24) is 9.88 Å². The molecule has 0 aliphatic carbocycles. The molecule has 10 heteroatoms. The SMILES string of the molecule is COc1cc(N=C(C)N2CCc3ncccc3C2)c(C#N)c(I)c1OCC(F)(F)F. The Bertz CT molecular complexity index is 1020. The van der Waals surface area contributed by atoms with Gasteiger partial charge >= 0.3 is 6.18 Å². The Kier molecular flexibility index (Phi) is 6.70. The number of hydrogen-bond donors (Lipinski definition) is 0. The number of aromatic nitrogens is 1. The van der Waals surface area contributed by atoms with Gasteiger partial charge in [0.15, 0.2) is 18.1 Å². The number of alkyl halides is 3. The molecule has 3 rings (SSSR count). The number of nitriles is 1. The Labute approximate surface area is 185 Å². The maximum absolute atomic E-state index is 12.6. The van der Waals surface area contributed by atoms with Crippen molar-refractivity contribution in [3.8, 4) is 17.6 Å². The zero-order chi connectivity index (χ0) is 21.9. The van der Waals surface area contributed by atoms with E-state index in [0.717, 1.165) is 24.2 Å². The number of methoxy groups -OCH3 is 1. The van der Waals surface area contributed by atoms with E-state index in [2.05, 4.69) is 14.9 Å². The van der Waals surface area contributed by atoms with Crippen LogP contribution in [-0.2, 0) is 13.0 Å². The highest BCUT2D eigenvalue weighted by Crippen LogP contribution is 2.41. The lowest BCUT2D eigenvalue weighted by atomic mass is 10.1. The van der Waals surface area contributed by atoms with Crippen molar-refractivity contribution < 1.29 is 22.6 Å². The van der Waals surface area contributed by atoms with Gasteiger partial charge < -0.3 is 14.4 Å². The predicted molar refractivity (Wildman–Crippen MR) is 113 cm³/mol. The van der Waals surface area contributed by atoms with Crippen molar-refractivity contribution in [3.63, 3.8) is 0 Å². The molecule has 2 aromatic rings. The Morgan fingerprint density at radius 2 is 2.20 bits per heavy atom. The molecule has 30 heavy (non-hydrogen) atoms. The molecule has 0 fully saturated rings.